The van der Waals surface area contributed by atoms with Crippen molar-refractivity contribution in [2.45, 2.75) is 39.5 Å². The number of aryl methyl sites for hydroxylation is 1. The van der Waals surface area contributed by atoms with Gasteiger partial charge in [-0.3, -0.25) is 9.69 Å². The number of H-pyrrole nitrogens is 1. The van der Waals surface area contributed by atoms with Gasteiger partial charge in [0.25, 0.3) is 5.56 Å². The molecule has 0 aliphatic carbocycles. The fourth-order valence-corrected chi connectivity index (χ4v) is 3.80. The highest BCUT2D eigenvalue weighted by Gasteiger charge is 2.23. The molecule has 2 aromatic heterocycles. The van der Waals surface area contributed by atoms with Crippen LogP contribution >= 0.6 is 0 Å². The molecule has 1 fully saturated rings. The van der Waals surface area contributed by atoms with Crippen LogP contribution in [0.15, 0.2) is 35.1 Å². The summed E-state index contributed by atoms with van der Waals surface area (Å²) in [5.74, 6) is -0.309. The number of benzene rings is 1. The molecule has 0 bridgehead atoms. The third-order valence-corrected chi connectivity index (χ3v) is 4.91. The van der Waals surface area contributed by atoms with E-state index in [1.807, 2.05) is 26.8 Å². The van der Waals surface area contributed by atoms with Gasteiger partial charge < -0.3 is 9.72 Å². The van der Waals surface area contributed by atoms with Gasteiger partial charge in [-0.25, -0.2) is 9.07 Å². The van der Waals surface area contributed by atoms with E-state index in [0.29, 0.717) is 23.4 Å². The standard InChI is InChI=1S/C20H23FN4O2/c1-12-9-24(10-13(2)27-12)11-15-8-18-14(3)23-25(19(18)22-20(15)26)17-6-4-16(21)5-7-17/h4-8,12-13H,9-11H2,1-3H3,(H,22,26)/t12-,13+. The van der Waals surface area contributed by atoms with Crippen molar-refractivity contribution in [1.82, 2.24) is 19.7 Å². The summed E-state index contributed by atoms with van der Waals surface area (Å²) in [5, 5.41) is 5.43. The topological polar surface area (TPSA) is 63.2 Å². The summed E-state index contributed by atoms with van der Waals surface area (Å²) in [6.07, 6.45) is 0.305. The first kappa shape index (κ1) is 17.9. The minimum absolute atomic E-state index is 0.127. The fraction of sp³-hybridized carbons (Fsp3) is 0.400. The molecule has 0 saturated carbocycles. The maximum Gasteiger partial charge on any atom is 0.254 e. The number of morpholine rings is 1. The molecular weight excluding hydrogens is 347 g/mol. The minimum Gasteiger partial charge on any atom is -0.373 e. The lowest BCUT2D eigenvalue weighted by Crippen LogP contribution is -2.45. The van der Waals surface area contributed by atoms with E-state index in [-0.39, 0.29) is 23.6 Å². The highest BCUT2D eigenvalue weighted by atomic mass is 19.1. The number of hydrogen-bond acceptors (Lipinski definition) is 4. The smallest absolute Gasteiger partial charge is 0.254 e. The van der Waals surface area contributed by atoms with Crippen molar-refractivity contribution in [3.8, 4) is 5.69 Å². The lowest BCUT2D eigenvalue weighted by atomic mass is 10.1. The van der Waals surface area contributed by atoms with Gasteiger partial charge in [0.1, 0.15) is 11.5 Å². The normalized spacial score (nSPS) is 21.0. The molecule has 3 aromatic rings. The first-order valence-electron chi connectivity index (χ1n) is 9.16. The van der Waals surface area contributed by atoms with Crippen LogP contribution in [0.5, 0.6) is 0 Å². The van der Waals surface area contributed by atoms with Crippen molar-refractivity contribution in [3.63, 3.8) is 0 Å². The largest absolute Gasteiger partial charge is 0.373 e. The molecule has 0 unspecified atom stereocenters. The molecule has 3 heterocycles. The number of pyridine rings is 1. The Morgan fingerprint density at radius 1 is 1.22 bits per heavy atom. The number of hydrogen-bond donors (Lipinski definition) is 1. The van der Waals surface area contributed by atoms with E-state index >= 15 is 0 Å². The monoisotopic (exact) mass is 370 g/mol. The van der Waals surface area contributed by atoms with Crippen LogP contribution < -0.4 is 5.56 Å². The second-order valence-corrected chi connectivity index (χ2v) is 7.31. The Labute approximate surface area is 156 Å². The fourth-order valence-electron chi connectivity index (χ4n) is 3.80. The van der Waals surface area contributed by atoms with Crippen molar-refractivity contribution in [3.05, 3.63) is 57.8 Å². The number of fused-ring (bicyclic) bond motifs is 1. The summed E-state index contributed by atoms with van der Waals surface area (Å²) >= 11 is 0. The van der Waals surface area contributed by atoms with E-state index in [1.165, 1.54) is 12.1 Å². The van der Waals surface area contributed by atoms with Gasteiger partial charge >= 0.3 is 0 Å². The molecule has 6 nitrogen and oxygen atoms in total. The summed E-state index contributed by atoms with van der Waals surface area (Å²) in [6.45, 7) is 8.18. The predicted molar refractivity (Wildman–Crippen MR) is 102 cm³/mol. The number of aromatic amines is 1. The van der Waals surface area contributed by atoms with Crippen LogP contribution in [0, 0.1) is 12.7 Å². The molecule has 27 heavy (non-hydrogen) atoms. The molecule has 0 amide bonds. The van der Waals surface area contributed by atoms with Crippen molar-refractivity contribution >= 4 is 11.0 Å². The molecule has 1 saturated heterocycles. The molecule has 4 rings (SSSR count). The van der Waals surface area contributed by atoms with Crippen LogP contribution in [0.1, 0.15) is 25.1 Å². The second kappa shape index (κ2) is 6.90. The van der Waals surface area contributed by atoms with E-state index in [2.05, 4.69) is 15.0 Å². The van der Waals surface area contributed by atoms with Crippen molar-refractivity contribution in [1.29, 1.82) is 0 Å². The third kappa shape index (κ3) is 3.52. The third-order valence-electron chi connectivity index (χ3n) is 4.91. The average molecular weight is 370 g/mol. The molecule has 142 valence electrons. The predicted octanol–water partition coefficient (Wildman–Crippen LogP) is 2.77. The van der Waals surface area contributed by atoms with Crippen LogP contribution in [0.3, 0.4) is 0 Å². The summed E-state index contributed by atoms with van der Waals surface area (Å²) in [4.78, 5) is 17.9. The highest BCUT2D eigenvalue weighted by Crippen LogP contribution is 2.21. The van der Waals surface area contributed by atoms with Crippen molar-refractivity contribution < 1.29 is 9.13 Å². The van der Waals surface area contributed by atoms with Gasteiger partial charge in [-0.1, -0.05) is 0 Å². The second-order valence-electron chi connectivity index (χ2n) is 7.31. The lowest BCUT2D eigenvalue weighted by molar-refractivity contribution is -0.0705. The van der Waals surface area contributed by atoms with Crippen LogP contribution in [0.4, 0.5) is 4.39 Å². The Morgan fingerprint density at radius 3 is 2.56 bits per heavy atom. The first-order chi connectivity index (χ1) is 12.9. The van der Waals surface area contributed by atoms with Gasteiger partial charge in [0.2, 0.25) is 0 Å². The first-order valence-corrected chi connectivity index (χ1v) is 9.16. The zero-order chi connectivity index (χ0) is 19.1. The van der Waals surface area contributed by atoms with E-state index in [0.717, 1.165) is 24.2 Å². The van der Waals surface area contributed by atoms with Gasteiger partial charge in [-0.15, -0.1) is 0 Å². The molecule has 1 N–H and O–H groups in total. The molecule has 1 aromatic carbocycles. The number of ether oxygens (including phenoxy) is 1. The Bertz CT molecular complexity index is 1010. The van der Waals surface area contributed by atoms with Gasteiger partial charge in [-0.05, 0) is 51.1 Å². The number of nitrogens with zero attached hydrogens (tertiary/aromatic N) is 3. The molecule has 1 aliphatic rings. The average Bonchev–Trinajstić information content (AvgIpc) is 2.91. The summed E-state index contributed by atoms with van der Waals surface area (Å²) in [5.41, 5.74) is 2.73. The summed E-state index contributed by atoms with van der Waals surface area (Å²) in [7, 11) is 0. The van der Waals surface area contributed by atoms with Gasteiger partial charge in [-0.2, -0.15) is 5.10 Å². The summed E-state index contributed by atoms with van der Waals surface area (Å²) in [6, 6.07) is 7.96. The van der Waals surface area contributed by atoms with Gasteiger partial charge in [0.05, 0.1) is 23.6 Å². The van der Waals surface area contributed by atoms with Crippen molar-refractivity contribution in [2.24, 2.45) is 0 Å². The zero-order valence-corrected chi connectivity index (χ0v) is 15.7. The van der Waals surface area contributed by atoms with E-state index in [1.54, 1.807) is 16.8 Å². The number of aromatic nitrogens is 3. The van der Waals surface area contributed by atoms with Crippen LogP contribution in [-0.2, 0) is 11.3 Å². The maximum absolute atomic E-state index is 13.2. The molecule has 0 spiro atoms. The number of halogens is 1. The molecule has 2 atom stereocenters. The quantitative estimate of drug-likeness (QED) is 0.770. The van der Waals surface area contributed by atoms with Crippen LogP contribution in [-0.4, -0.2) is 45.0 Å². The van der Waals surface area contributed by atoms with Crippen LogP contribution in [0.25, 0.3) is 16.7 Å². The van der Waals surface area contributed by atoms with E-state index in [9.17, 15) is 9.18 Å². The van der Waals surface area contributed by atoms with E-state index < -0.39 is 0 Å². The van der Waals surface area contributed by atoms with Crippen molar-refractivity contribution in [2.75, 3.05) is 13.1 Å². The molecular formula is C20H23FN4O2. The molecule has 1 aliphatic heterocycles. The number of nitrogens with one attached hydrogen (secondary N) is 1. The van der Waals surface area contributed by atoms with Crippen LogP contribution in [0.2, 0.25) is 0 Å². The Hall–Kier alpha value is -2.51. The lowest BCUT2D eigenvalue weighted by Gasteiger charge is -2.35. The highest BCUT2D eigenvalue weighted by molar-refractivity contribution is 5.80. The van der Waals surface area contributed by atoms with Gasteiger partial charge in [0, 0.05) is 30.6 Å². The Morgan fingerprint density at radius 2 is 1.89 bits per heavy atom. The summed E-state index contributed by atoms with van der Waals surface area (Å²) < 4.78 is 20.6. The number of rotatable bonds is 3. The van der Waals surface area contributed by atoms with E-state index in [4.69, 9.17) is 4.74 Å². The SMILES string of the molecule is Cc1nn(-c2ccc(F)cc2)c2[nH]c(=O)c(CN3C[C@@H](C)O[C@@H](C)C3)cc12. The molecule has 7 heteroatoms. The Balaban J connectivity index is 1.71. The maximum atomic E-state index is 13.2. The minimum atomic E-state index is -0.309. The molecule has 0 radical (unpaired) electrons. The Kier molecular flexibility index (Phi) is 4.57. The van der Waals surface area contributed by atoms with Gasteiger partial charge in [0.15, 0.2) is 0 Å². The zero-order valence-electron chi connectivity index (χ0n) is 15.7.